The number of primary amides is 1. The quantitative estimate of drug-likeness (QED) is 0.699. The smallest absolute Gasteiger partial charge is 0.254 e. The third-order valence-corrected chi connectivity index (χ3v) is 4.77. The summed E-state index contributed by atoms with van der Waals surface area (Å²) in [7, 11) is 3.76. The zero-order chi connectivity index (χ0) is 19.7. The molecule has 3 rings (SSSR count). The van der Waals surface area contributed by atoms with E-state index in [0.717, 1.165) is 23.4 Å². The molecule has 3 aromatic rings. The number of nitrogens with zero attached hydrogens (tertiary/aromatic N) is 3. The molecule has 9 heteroatoms. The lowest BCUT2D eigenvalue weighted by atomic mass is 10.2. The number of halogens is 2. The second-order valence-corrected chi connectivity index (χ2v) is 6.95. The van der Waals surface area contributed by atoms with Crippen LogP contribution in [0, 0.1) is 11.6 Å². The third-order valence-electron chi connectivity index (χ3n) is 3.82. The minimum Gasteiger partial charge on any atom is -0.483 e. The Morgan fingerprint density at radius 2 is 2.11 bits per heavy atom. The zero-order valence-corrected chi connectivity index (χ0v) is 15.4. The van der Waals surface area contributed by atoms with Gasteiger partial charge in [-0.05, 0) is 18.2 Å². The Bertz CT molecular complexity index is 1050. The van der Waals surface area contributed by atoms with E-state index in [1.807, 2.05) is 25.1 Å². The number of hydrogen-bond donors (Lipinski definition) is 1. The lowest BCUT2D eigenvalue weighted by Gasteiger charge is -2.14. The van der Waals surface area contributed by atoms with E-state index in [9.17, 15) is 13.6 Å². The van der Waals surface area contributed by atoms with Crippen LogP contribution in [0.3, 0.4) is 0 Å². The van der Waals surface area contributed by atoms with Crippen molar-refractivity contribution in [3.63, 3.8) is 0 Å². The zero-order valence-electron chi connectivity index (χ0n) is 14.6. The number of ether oxygens (including phenoxy) is 1. The lowest BCUT2D eigenvalue weighted by molar-refractivity contribution is 0.0991. The molecule has 27 heavy (non-hydrogen) atoms. The molecule has 0 unspecified atom stereocenters. The van der Waals surface area contributed by atoms with E-state index in [2.05, 4.69) is 16.5 Å². The Balaban J connectivity index is 1.83. The summed E-state index contributed by atoms with van der Waals surface area (Å²) in [6.45, 7) is 3.92. The molecule has 0 saturated carbocycles. The summed E-state index contributed by atoms with van der Waals surface area (Å²) in [6.07, 6.45) is 1.70. The fourth-order valence-corrected chi connectivity index (χ4v) is 3.16. The van der Waals surface area contributed by atoms with Crippen LogP contribution in [0.4, 0.5) is 8.78 Å². The van der Waals surface area contributed by atoms with Gasteiger partial charge in [-0.2, -0.15) is 0 Å². The van der Waals surface area contributed by atoms with E-state index in [-0.39, 0.29) is 12.4 Å². The summed E-state index contributed by atoms with van der Waals surface area (Å²) in [5, 5.41) is 0.550. The number of aromatic nitrogens is 2. The summed E-state index contributed by atoms with van der Waals surface area (Å²) in [6, 6.07) is 3.88. The van der Waals surface area contributed by atoms with E-state index in [1.54, 1.807) is 6.20 Å². The fraction of sp³-hybridized carbons (Fsp3) is 0.167. The molecule has 2 aromatic heterocycles. The van der Waals surface area contributed by atoms with E-state index < -0.39 is 23.1 Å². The minimum absolute atomic E-state index is 0.0637. The number of carbonyl (C=O) groups is 1. The number of nitrogens with two attached hydrogens (primary N) is 1. The summed E-state index contributed by atoms with van der Waals surface area (Å²) in [5.41, 5.74) is 6.46. The van der Waals surface area contributed by atoms with Gasteiger partial charge in [0.2, 0.25) is 0 Å². The molecule has 0 saturated heterocycles. The highest BCUT2D eigenvalue weighted by molar-refractivity contribution is 7.18. The molecule has 0 radical (unpaired) electrons. The highest BCUT2D eigenvalue weighted by Gasteiger charge is 2.19. The van der Waals surface area contributed by atoms with Crippen molar-refractivity contribution in [2.24, 2.45) is 5.73 Å². The predicted molar refractivity (Wildman–Crippen MR) is 99.3 cm³/mol. The van der Waals surface area contributed by atoms with Crippen molar-refractivity contribution in [1.29, 1.82) is 0 Å². The molecular weight excluding hydrogens is 374 g/mol. The molecule has 140 valence electrons. The average molecular weight is 390 g/mol. The van der Waals surface area contributed by atoms with Crippen LogP contribution in [0.2, 0.25) is 0 Å². The first-order chi connectivity index (χ1) is 12.8. The van der Waals surface area contributed by atoms with Crippen LogP contribution in [0.5, 0.6) is 5.75 Å². The predicted octanol–water partition coefficient (Wildman–Crippen LogP) is 3.18. The molecule has 0 atom stereocenters. The standard InChI is InChI=1S/C18H16F2N4O2S/c1-9(24(2)3)10-6-12-18(22-7-10)27-14(23-12)8-26-13-5-4-11(19)15(16(13)20)17(21)25/h4-7H,1,8H2,2-3H3,(H2,21,25). The highest BCUT2D eigenvalue weighted by atomic mass is 32.1. The Morgan fingerprint density at radius 1 is 1.37 bits per heavy atom. The molecule has 2 N–H and O–H groups in total. The first-order valence-electron chi connectivity index (χ1n) is 7.80. The van der Waals surface area contributed by atoms with E-state index in [0.29, 0.717) is 15.4 Å². The molecule has 0 fully saturated rings. The molecule has 0 aliphatic carbocycles. The lowest BCUT2D eigenvalue weighted by Crippen LogP contribution is -2.16. The summed E-state index contributed by atoms with van der Waals surface area (Å²) >= 11 is 1.29. The normalized spacial score (nSPS) is 10.8. The highest BCUT2D eigenvalue weighted by Crippen LogP contribution is 2.27. The van der Waals surface area contributed by atoms with Crippen molar-refractivity contribution < 1.29 is 18.3 Å². The summed E-state index contributed by atoms with van der Waals surface area (Å²) in [5.74, 6) is -3.65. The molecule has 0 spiro atoms. The SMILES string of the molecule is C=C(c1cnc2sc(COc3ccc(F)c(C(N)=O)c3F)nc2c1)N(C)C. The maximum absolute atomic E-state index is 14.2. The van der Waals surface area contributed by atoms with Gasteiger partial charge < -0.3 is 15.4 Å². The summed E-state index contributed by atoms with van der Waals surface area (Å²) < 4.78 is 33.1. The average Bonchev–Trinajstić information content (AvgIpc) is 3.02. The van der Waals surface area contributed by atoms with Crippen LogP contribution in [0.15, 0.2) is 31.0 Å². The number of fused-ring (bicyclic) bond motifs is 1. The van der Waals surface area contributed by atoms with Crippen LogP contribution < -0.4 is 10.5 Å². The van der Waals surface area contributed by atoms with Crippen LogP contribution >= 0.6 is 11.3 Å². The van der Waals surface area contributed by atoms with Gasteiger partial charge in [0.25, 0.3) is 5.91 Å². The van der Waals surface area contributed by atoms with Crippen LogP contribution in [0.1, 0.15) is 20.9 Å². The number of carbonyl (C=O) groups excluding carboxylic acids is 1. The van der Waals surface area contributed by atoms with Crippen molar-refractivity contribution >= 4 is 33.3 Å². The maximum atomic E-state index is 14.2. The fourth-order valence-electron chi connectivity index (χ4n) is 2.36. The van der Waals surface area contributed by atoms with Gasteiger partial charge >= 0.3 is 0 Å². The van der Waals surface area contributed by atoms with Crippen molar-refractivity contribution in [3.8, 4) is 5.75 Å². The largest absolute Gasteiger partial charge is 0.483 e. The monoisotopic (exact) mass is 390 g/mol. The number of amides is 1. The number of hydrogen-bond acceptors (Lipinski definition) is 6. The second-order valence-electron chi connectivity index (χ2n) is 5.88. The molecular formula is C18H16F2N4O2S. The first kappa shape index (κ1) is 18.7. The van der Waals surface area contributed by atoms with Gasteiger partial charge in [0.15, 0.2) is 11.6 Å². The van der Waals surface area contributed by atoms with Crippen molar-refractivity contribution in [2.45, 2.75) is 6.61 Å². The van der Waals surface area contributed by atoms with Crippen LogP contribution in [0.25, 0.3) is 16.0 Å². The van der Waals surface area contributed by atoms with Crippen molar-refractivity contribution in [2.75, 3.05) is 14.1 Å². The molecule has 1 amide bonds. The first-order valence-corrected chi connectivity index (χ1v) is 8.62. The topological polar surface area (TPSA) is 81.3 Å². The molecule has 0 aliphatic rings. The van der Waals surface area contributed by atoms with Crippen molar-refractivity contribution in [1.82, 2.24) is 14.9 Å². The minimum atomic E-state index is -1.20. The number of benzene rings is 1. The van der Waals surface area contributed by atoms with Gasteiger partial charge in [0.1, 0.15) is 33.3 Å². The molecule has 0 bridgehead atoms. The summed E-state index contributed by atoms with van der Waals surface area (Å²) in [4.78, 5) is 22.5. The number of rotatable bonds is 6. The van der Waals surface area contributed by atoms with Gasteiger partial charge in [0.05, 0.1) is 0 Å². The maximum Gasteiger partial charge on any atom is 0.254 e. The molecule has 6 nitrogen and oxygen atoms in total. The molecule has 1 aromatic carbocycles. The van der Waals surface area contributed by atoms with E-state index >= 15 is 0 Å². The van der Waals surface area contributed by atoms with Gasteiger partial charge in [-0.1, -0.05) is 17.9 Å². The third kappa shape index (κ3) is 3.72. The van der Waals surface area contributed by atoms with Crippen LogP contribution in [-0.2, 0) is 6.61 Å². The number of pyridine rings is 1. The second kappa shape index (κ2) is 7.28. The van der Waals surface area contributed by atoms with Gasteiger partial charge in [-0.3, -0.25) is 4.79 Å². The molecule has 0 aliphatic heterocycles. The van der Waals surface area contributed by atoms with Gasteiger partial charge in [-0.25, -0.2) is 18.7 Å². The number of thiazole rings is 1. The van der Waals surface area contributed by atoms with Gasteiger partial charge in [0, 0.05) is 31.6 Å². The Hall–Kier alpha value is -3.07. The van der Waals surface area contributed by atoms with E-state index in [4.69, 9.17) is 10.5 Å². The molecule has 2 heterocycles. The Morgan fingerprint density at radius 3 is 2.78 bits per heavy atom. The Labute approximate surface area is 157 Å². The van der Waals surface area contributed by atoms with Crippen LogP contribution in [-0.4, -0.2) is 34.9 Å². The van der Waals surface area contributed by atoms with Crippen molar-refractivity contribution in [3.05, 3.63) is 58.7 Å². The van der Waals surface area contributed by atoms with E-state index in [1.165, 1.54) is 11.3 Å². The van der Waals surface area contributed by atoms with Gasteiger partial charge in [-0.15, -0.1) is 0 Å². The Kier molecular flexibility index (Phi) is 5.04.